The Bertz CT molecular complexity index is 896. The van der Waals surface area contributed by atoms with Crippen LogP contribution < -0.4 is 15.0 Å². The van der Waals surface area contributed by atoms with Crippen molar-refractivity contribution in [3.8, 4) is 11.5 Å². The van der Waals surface area contributed by atoms with Gasteiger partial charge in [-0.05, 0) is 41.0 Å². The van der Waals surface area contributed by atoms with E-state index in [4.69, 9.17) is 14.7 Å². The van der Waals surface area contributed by atoms with Crippen LogP contribution in [0, 0.1) is 0 Å². The molecule has 0 aliphatic heterocycles. The van der Waals surface area contributed by atoms with Gasteiger partial charge in [0, 0.05) is 0 Å². The van der Waals surface area contributed by atoms with Crippen LogP contribution in [0.4, 0.5) is 0 Å². The lowest BCUT2D eigenvalue weighted by atomic mass is 9.90. The molecule has 1 atom stereocenters. The second-order valence-corrected chi connectivity index (χ2v) is 6.03. The molecule has 0 bridgehead atoms. The van der Waals surface area contributed by atoms with Crippen LogP contribution in [0.2, 0.25) is 0 Å². The van der Waals surface area contributed by atoms with Crippen LogP contribution >= 0.6 is 0 Å². The van der Waals surface area contributed by atoms with Crippen LogP contribution in [-0.4, -0.2) is 18.2 Å². The van der Waals surface area contributed by atoms with Gasteiger partial charge in [-0.1, -0.05) is 54.6 Å². The number of carbonyl (C=O) groups excluding carboxylic acids is 1. The molecule has 0 aliphatic rings. The Balaban J connectivity index is 1.81. The van der Waals surface area contributed by atoms with Gasteiger partial charge in [-0.2, -0.15) is 0 Å². The standard InChI is InChI=1S/C22H21NO4/c1-26-19-11-5-7-16(13-19)15-27-20-12-6-10-18(14-20)21(22(24)23-25)17-8-3-2-4-9-17/h2-14,21,25H,15H2,1H3,(H,23,24). The van der Waals surface area contributed by atoms with Gasteiger partial charge in [-0.3, -0.25) is 10.0 Å². The van der Waals surface area contributed by atoms with Crippen LogP contribution in [0.3, 0.4) is 0 Å². The number of rotatable bonds is 7. The summed E-state index contributed by atoms with van der Waals surface area (Å²) in [6.45, 7) is 0.378. The third-order valence-corrected chi connectivity index (χ3v) is 4.24. The Morgan fingerprint density at radius 3 is 2.37 bits per heavy atom. The topological polar surface area (TPSA) is 67.8 Å². The molecule has 0 heterocycles. The minimum atomic E-state index is -0.628. The first kappa shape index (κ1) is 18.5. The third-order valence-electron chi connectivity index (χ3n) is 4.24. The van der Waals surface area contributed by atoms with Gasteiger partial charge in [-0.25, -0.2) is 5.48 Å². The van der Waals surface area contributed by atoms with E-state index in [2.05, 4.69) is 0 Å². The SMILES string of the molecule is COc1cccc(COc2cccc(C(C(=O)NO)c3ccccc3)c2)c1. The molecule has 3 aromatic carbocycles. The Kier molecular flexibility index (Phi) is 6.07. The summed E-state index contributed by atoms with van der Waals surface area (Å²) in [4.78, 5) is 12.3. The number of benzene rings is 3. The smallest absolute Gasteiger partial charge is 0.255 e. The van der Waals surface area contributed by atoms with Crippen molar-refractivity contribution in [2.75, 3.05) is 7.11 Å². The van der Waals surface area contributed by atoms with Crippen molar-refractivity contribution in [3.05, 3.63) is 95.6 Å². The van der Waals surface area contributed by atoms with Crippen molar-refractivity contribution in [1.29, 1.82) is 0 Å². The molecule has 5 heteroatoms. The van der Waals surface area contributed by atoms with Gasteiger partial charge < -0.3 is 9.47 Å². The molecular formula is C22H21NO4. The van der Waals surface area contributed by atoms with Crippen LogP contribution in [-0.2, 0) is 11.4 Å². The second-order valence-electron chi connectivity index (χ2n) is 6.03. The number of hydroxylamine groups is 1. The molecule has 0 saturated carbocycles. The number of carbonyl (C=O) groups is 1. The van der Waals surface area contributed by atoms with Crippen molar-refractivity contribution in [2.24, 2.45) is 0 Å². The molecule has 5 nitrogen and oxygen atoms in total. The molecule has 3 aromatic rings. The first-order valence-corrected chi connectivity index (χ1v) is 8.56. The Morgan fingerprint density at radius 2 is 1.63 bits per heavy atom. The summed E-state index contributed by atoms with van der Waals surface area (Å²) in [7, 11) is 1.62. The predicted molar refractivity (Wildman–Crippen MR) is 102 cm³/mol. The normalized spacial score (nSPS) is 11.5. The summed E-state index contributed by atoms with van der Waals surface area (Å²) in [5.41, 5.74) is 4.26. The van der Waals surface area contributed by atoms with E-state index < -0.39 is 11.8 Å². The molecule has 0 spiro atoms. The quantitative estimate of drug-likeness (QED) is 0.493. The Morgan fingerprint density at radius 1 is 0.926 bits per heavy atom. The van der Waals surface area contributed by atoms with E-state index in [0.29, 0.717) is 12.4 Å². The van der Waals surface area contributed by atoms with Crippen LogP contribution in [0.5, 0.6) is 11.5 Å². The first-order chi connectivity index (χ1) is 13.2. The van der Waals surface area contributed by atoms with Gasteiger partial charge >= 0.3 is 0 Å². The van der Waals surface area contributed by atoms with Gasteiger partial charge in [-0.15, -0.1) is 0 Å². The second kappa shape index (κ2) is 8.87. The number of amides is 1. The van der Waals surface area contributed by atoms with Gasteiger partial charge in [0.25, 0.3) is 5.91 Å². The highest BCUT2D eigenvalue weighted by Crippen LogP contribution is 2.28. The van der Waals surface area contributed by atoms with Crippen molar-refractivity contribution >= 4 is 5.91 Å². The van der Waals surface area contributed by atoms with Crippen molar-refractivity contribution < 1.29 is 19.5 Å². The maximum atomic E-state index is 12.3. The van der Waals surface area contributed by atoms with Gasteiger partial charge in [0.2, 0.25) is 0 Å². The number of nitrogens with one attached hydrogen (secondary N) is 1. The number of methoxy groups -OCH3 is 1. The molecule has 0 aromatic heterocycles. The van der Waals surface area contributed by atoms with Gasteiger partial charge in [0.1, 0.15) is 18.1 Å². The van der Waals surface area contributed by atoms with E-state index in [0.717, 1.165) is 22.4 Å². The summed E-state index contributed by atoms with van der Waals surface area (Å²) >= 11 is 0. The van der Waals surface area contributed by atoms with E-state index in [9.17, 15) is 4.79 Å². The zero-order valence-corrected chi connectivity index (χ0v) is 15.0. The highest BCUT2D eigenvalue weighted by atomic mass is 16.5. The van der Waals surface area contributed by atoms with Crippen LogP contribution in [0.1, 0.15) is 22.6 Å². The van der Waals surface area contributed by atoms with Crippen LogP contribution in [0.15, 0.2) is 78.9 Å². The molecule has 27 heavy (non-hydrogen) atoms. The molecule has 2 N–H and O–H groups in total. The minimum absolute atomic E-state index is 0.378. The zero-order chi connectivity index (χ0) is 19.1. The highest BCUT2D eigenvalue weighted by Gasteiger charge is 2.22. The van der Waals surface area contributed by atoms with Gasteiger partial charge in [0.15, 0.2) is 0 Å². The predicted octanol–water partition coefficient (Wildman–Crippen LogP) is 3.91. The molecular weight excluding hydrogens is 342 g/mol. The summed E-state index contributed by atoms with van der Waals surface area (Å²) in [5.74, 6) is 0.290. The van der Waals surface area contributed by atoms with E-state index in [1.165, 1.54) is 0 Å². The number of ether oxygens (including phenoxy) is 2. The molecule has 0 fully saturated rings. The van der Waals surface area contributed by atoms with Crippen molar-refractivity contribution in [1.82, 2.24) is 5.48 Å². The molecule has 0 saturated heterocycles. The Labute approximate surface area is 158 Å². The molecule has 138 valence electrons. The summed E-state index contributed by atoms with van der Waals surface area (Å²) < 4.78 is 11.1. The van der Waals surface area contributed by atoms with E-state index >= 15 is 0 Å². The van der Waals surface area contributed by atoms with Crippen LogP contribution in [0.25, 0.3) is 0 Å². The zero-order valence-electron chi connectivity index (χ0n) is 15.0. The molecule has 0 radical (unpaired) electrons. The van der Waals surface area contributed by atoms with E-state index in [-0.39, 0.29) is 0 Å². The molecule has 1 amide bonds. The third kappa shape index (κ3) is 4.65. The maximum absolute atomic E-state index is 12.3. The largest absolute Gasteiger partial charge is 0.497 e. The Hall–Kier alpha value is -3.31. The lowest BCUT2D eigenvalue weighted by Crippen LogP contribution is -2.27. The summed E-state index contributed by atoms with van der Waals surface area (Å²) in [5, 5.41) is 9.16. The maximum Gasteiger partial charge on any atom is 0.255 e. The van der Waals surface area contributed by atoms with E-state index in [1.807, 2.05) is 78.9 Å². The average Bonchev–Trinajstić information content (AvgIpc) is 2.73. The fraction of sp³-hybridized carbons (Fsp3) is 0.136. The fourth-order valence-corrected chi connectivity index (χ4v) is 2.92. The average molecular weight is 363 g/mol. The lowest BCUT2D eigenvalue weighted by Gasteiger charge is -2.17. The van der Waals surface area contributed by atoms with Crippen molar-refractivity contribution in [3.63, 3.8) is 0 Å². The molecule has 3 rings (SSSR count). The lowest BCUT2D eigenvalue weighted by molar-refractivity contribution is -0.129. The summed E-state index contributed by atoms with van der Waals surface area (Å²) in [6, 6.07) is 24.3. The minimum Gasteiger partial charge on any atom is -0.497 e. The number of hydrogen-bond donors (Lipinski definition) is 2. The van der Waals surface area contributed by atoms with Gasteiger partial charge in [0.05, 0.1) is 13.0 Å². The van der Waals surface area contributed by atoms with E-state index in [1.54, 1.807) is 12.6 Å². The molecule has 1 unspecified atom stereocenters. The van der Waals surface area contributed by atoms with Crippen molar-refractivity contribution in [2.45, 2.75) is 12.5 Å². The monoisotopic (exact) mass is 363 g/mol. The number of hydrogen-bond acceptors (Lipinski definition) is 4. The summed E-state index contributed by atoms with van der Waals surface area (Å²) in [6.07, 6.45) is 0. The first-order valence-electron chi connectivity index (χ1n) is 8.56. The fourth-order valence-electron chi connectivity index (χ4n) is 2.92. The highest BCUT2D eigenvalue weighted by molar-refractivity contribution is 5.86. The molecule has 0 aliphatic carbocycles.